The number of nitrogens with zero attached hydrogens (tertiary/aromatic N) is 3. The summed E-state index contributed by atoms with van der Waals surface area (Å²) in [4.78, 5) is 20.0. The number of amides is 1. The molecule has 10 heteroatoms. The van der Waals surface area contributed by atoms with E-state index in [9.17, 15) is 13.2 Å². The van der Waals surface area contributed by atoms with E-state index in [2.05, 4.69) is 4.90 Å². The van der Waals surface area contributed by atoms with Crippen molar-refractivity contribution >= 4 is 27.3 Å². The van der Waals surface area contributed by atoms with Crippen LogP contribution in [0.3, 0.4) is 0 Å². The van der Waals surface area contributed by atoms with Crippen LogP contribution in [-0.4, -0.2) is 81.5 Å². The summed E-state index contributed by atoms with van der Waals surface area (Å²) in [6, 6.07) is 20.1. The van der Waals surface area contributed by atoms with Crippen LogP contribution in [0.1, 0.15) is 15.3 Å². The molecule has 38 heavy (non-hydrogen) atoms. The summed E-state index contributed by atoms with van der Waals surface area (Å²) in [5.41, 5.74) is 0.993. The Bertz CT molecular complexity index is 1270. The Hall–Kier alpha value is -2.76. The standard InChI is InChI=1S/C28H35N3O5S2/c1-23-8-11-26(37-23)21-30(20-24-6-4-3-5-7-24)28(32)22-31(15-14-29-16-18-36-19-17-29)38(33,34)27-12-9-25(35-2)10-13-27/h3-13H,14-22H2,1-2H3. The number of sulfonamides is 1. The fraction of sp³-hybridized carbons (Fsp3) is 0.393. The van der Waals surface area contributed by atoms with E-state index >= 15 is 0 Å². The Morgan fingerprint density at radius 3 is 2.34 bits per heavy atom. The lowest BCUT2D eigenvalue weighted by Gasteiger charge is -2.31. The van der Waals surface area contributed by atoms with Crippen LogP contribution in [0.5, 0.6) is 5.75 Å². The molecule has 204 valence electrons. The van der Waals surface area contributed by atoms with Gasteiger partial charge in [-0.2, -0.15) is 4.31 Å². The van der Waals surface area contributed by atoms with Gasteiger partial charge >= 0.3 is 0 Å². The first-order valence-electron chi connectivity index (χ1n) is 12.7. The highest BCUT2D eigenvalue weighted by Crippen LogP contribution is 2.22. The van der Waals surface area contributed by atoms with Crippen molar-refractivity contribution in [3.63, 3.8) is 0 Å². The van der Waals surface area contributed by atoms with E-state index in [0.717, 1.165) is 23.5 Å². The third kappa shape index (κ3) is 7.64. The molecule has 4 rings (SSSR count). The summed E-state index contributed by atoms with van der Waals surface area (Å²) in [6.45, 7) is 6.06. The average molecular weight is 558 g/mol. The molecule has 2 aromatic carbocycles. The minimum Gasteiger partial charge on any atom is -0.497 e. The Morgan fingerprint density at radius 1 is 1.00 bits per heavy atom. The number of methoxy groups -OCH3 is 1. The number of ether oxygens (including phenoxy) is 2. The van der Waals surface area contributed by atoms with Crippen molar-refractivity contribution in [1.29, 1.82) is 0 Å². The van der Waals surface area contributed by atoms with Crippen molar-refractivity contribution in [2.24, 2.45) is 0 Å². The van der Waals surface area contributed by atoms with Gasteiger partial charge in [0.1, 0.15) is 5.75 Å². The first kappa shape index (κ1) is 28.3. The predicted octanol–water partition coefficient (Wildman–Crippen LogP) is 3.62. The SMILES string of the molecule is COc1ccc(S(=O)(=O)N(CCN2CCOCC2)CC(=O)N(Cc2ccccc2)Cc2ccc(C)s2)cc1. The number of rotatable bonds is 12. The van der Waals surface area contributed by atoms with Crippen molar-refractivity contribution < 1.29 is 22.7 Å². The first-order valence-corrected chi connectivity index (χ1v) is 14.9. The van der Waals surface area contributed by atoms with Gasteiger partial charge in [0.2, 0.25) is 15.9 Å². The summed E-state index contributed by atoms with van der Waals surface area (Å²) in [7, 11) is -2.39. The molecule has 0 N–H and O–H groups in total. The van der Waals surface area contributed by atoms with E-state index in [1.165, 1.54) is 28.4 Å². The van der Waals surface area contributed by atoms with Crippen LogP contribution < -0.4 is 4.74 Å². The van der Waals surface area contributed by atoms with Gasteiger partial charge in [-0.15, -0.1) is 11.3 Å². The van der Waals surface area contributed by atoms with Gasteiger partial charge in [0.25, 0.3) is 0 Å². The van der Waals surface area contributed by atoms with Gasteiger partial charge in [-0.3, -0.25) is 9.69 Å². The third-order valence-corrected chi connectivity index (χ3v) is 9.33. The summed E-state index contributed by atoms with van der Waals surface area (Å²) in [6.07, 6.45) is 0. The van der Waals surface area contributed by atoms with Gasteiger partial charge in [0.15, 0.2) is 0 Å². The highest BCUT2D eigenvalue weighted by atomic mass is 32.2. The summed E-state index contributed by atoms with van der Waals surface area (Å²) in [5, 5.41) is 0. The molecule has 0 unspecified atom stereocenters. The maximum absolute atomic E-state index is 13.8. The van der Waals surface area contributed by atoms with Crippen LogP contribution in [-0.2, 0) is 32.6 Å². The topological polar surface area (TPSA) is 79.4 Å². The average Bonchev–Trinajstić information content (AvgIpc) is 3.36. The Morgan fingerprint density at radius 2 is 1.71 bits per heavy atom. The molecule has 8 nitrogen and oxygen atoms in total. The van der Waals surface area contributed by atoms with E-state index in [1.54, 1.807) is 28.4 Å². The number of thiophene rings is 1. The van der Waals surface area contributed by atoms with Crippen molar-refractivity contribution in [3.05, 3.63) is 82.0 Å². The molecular weight excluding hydrogens is 522 g/mol. The zero-order chi connectivity index (χ0) is 27.0. The second-order valence-corrected chi connectivity index (χ2v) is 12.5. The lowest BCUT2D eigenvalue weighted by Crippen LogP contribution is -2.46. The molecule has 0 spiro atoms. The zero-order valence-electron chi connectivity index (χ0n) is 21.9. The van der Waals surface area contributed by atoms with Gasteiger partial charge in [-0.05, 0) is 48.9 Å². The maximum Gasteiger partial charge on any atom is 0.243 e. The van der Waals surface area contributed by atoms with Crippen LogP contribution in [0.15, 0.2) is 71.6 Å². The fourth-order valence-electron chi connectivity index (χ4n) is 4.30. The largest absolute Gasteiger partial charge is 0.497 e. The van der Waals surface area contributed by atoms with Gasteiger partial charge in [-0.1, -0.05) is 30.3 Å². The summed E-state index contributed by atoms with van der Waals surface area (Å²) in [5.74, 6) is 0.333. The van der Waals surface area contributed by atoms with Crippen LogP contribution in [0.4, 0.5) is 0 Å². The van der Waals surface area contributed by atoms with E-state index in [-0.39, 0.29) is 23.9 Å². The van der Waals surface area contributed by atoms with Crippen molar-refractivity contribution in [3.8, 4) is 5.75 Å². The van der Waals surface area contributed by atoms with E-state index in [0.29, 0.717) is 38.6 Å². The molecule has 1 aromatic heterocycles. The second kappa shape index (κ2) is 13.3. The highest BCUT2D eigenvalue weighted by Gasteiger charge is 2.29. The summed E-state index contributed by atoms with van der Waals surface area (Å²) < 4.78 is 39.4. The summed E-state index contributed by atoms with van der Waals surface area (Å²) >= 11 is 1.64. The van der Waals surface area contributed by atoms with Gasteiger partial charge < -0.3 is 14.4 Å². The van der Waals surface area contributed by atoms with E-state index < -0.39 is 10.0 Å². The number of carbonyl (C=O) groups is 1. The van der Waals surface area contributed by atoms with Crippen LogP contribution in [0.2, 0.25) is 0 Å². The third-order valence-electron chi connectivity index (χ3n) is 6.49. The molecule has 1 aliphatic heterocycles. The molecule has 1 saturated heterocycles. The maximum atomic E-state index is 13.8. The first-order chi connectivity index (χ1) is 18.3. The molecule has 0 aliphatic carbocycles. The molecule has 3 aromatic rings. The van der Waals surface area contributed by atoms with E-state index in [4.69, 9.17) is 9.47 Å². The minimum atomic E-state index is -3.92. The molecule has 0 saturated carbocycles. The van der Waals surface area contributed by atoms with E-state index in [1.807, 2.05) is 49.4 Å². The monoisotopic (exact) mass is 557 g/mol. The van der Waals surface area contributed by atoms with Crippen molar-refractivity contribution in [2.75, 3.05) is 53.0 Å². The number of benzene rings is 2. The van der Waals surface area contributed by atoms with Crippen LogP contribution in [0.25, 0.3) is 0 Å². The number of hydrogen-bond acceptors (Lipinski definition) is 7. The Labute approximate surface area is 229 Å². The Kier molecular flexibility index (Phi) is 9.92. The van der Waals surface area contributed by atoms with Gasteiger partial charge in [0, 0.05) is 42.5 Å². The molecular formula is C28H35N3O5S2. The molecule has 1 fully saturated rings. The highest BCUT2D eigenvalue weighted by molar-refractivity contribution is 7.89. The number of hydrogen-bond donors (Lipinski definition) is 0. The quantitative estimate of drug-likeness (QED) is 0.339. The molecule has 0 atom stereocenters. The minimum absolute atomic E-state index is 0.136. The number of carbonyl (C=O) groups excluding carboxylic acids is 1. The molecule has 1 aliphatic rings. The number of aryl methyl sites for hydroxylation is 1. The fourth-order valence-corrected chi connectivity index (χ4v) is 6.59. The molecule has 0 bridgehead atoms. The van der Waals surface area contributed by atoms with Crippen LogP contribution in [0, 0.1) is 6.92 Å². The van der Waals surface area contributed by atoms with Gasteiger partial charge in [-0.25, -0.2) is 8.42 Å². The smallest absolute Gasteiger partial charge is 0.243 e. The second-order valence-electron chi connectivity index (χ2n) is 9.22. The molecule has 1 amide bonds. The molecule has 2 heterocycles. The lowest BCUT2D eigenvalue weighted by atomic mass is 10.2. The van der Waals surface area contributed by atoms with Gasteiger partial charge in [0.05, 0.1) is 38.3 Å². The predicted molar refractivity (Wildman–Crippen MR) is 149 cm³/mol. The van der Waals surface area contributed by atoms with Crippen molar-refractivity contribution in [2.45, 2.75) is 24.9 Å². The normalized spacial score (nSPS) is 14.5. The number of morpholine rings is 1. The van der Waals surface area contributed by atoms with Crippen LogP contribution >= 0.6 is 11.3 Å². The van der Waals surface area contributed by atoms with Crippen molar-refractivity contribution in [1.82, 2.24) is 14.1 Å². The molecule has 0 radical (unpaired) electrons. The zero-order valence-corrected chi connectivity index (χ0v) is 23.5. The lowest BCUT2D eigenvalue weighted by molar-refractivity contribution is -0.132. The Balaban J connectivity index is 1.57.